The fraction of sp³-hybridized carbons (Fsp3) is 0.545. The second-order valence-corrected chi connectivity index (χ2v) is 6.97. The molecule has 3 nitrogen and oxygen atoms in total. The minimum Gasteiger partial charge on any atom is -0.333 e. The van der Waals surface area contributed by atoms with E-state index in [1.54, 1.807) is 6.20 Å². The second kappa shape index (κ2) is 10.7. The maximum Gasteiger partial charge on any atom is 0.0995 e. The fourth-order valence-electron chi connectivity index (χ4n) is 3.48. The molecule has 0 aliphatic heterocycles. The van der Waals surface area contributed by atoms with Gasteiger partial charge in [-0.3, -0.25) is 0 Å². The molecule has 1 unspecified atom stereocenters. The number of hydrogen-bond donors (Lipinski definition) is 0. The summed E-state index contributed by atoms with van der Waals surface area (Å²) < 4.78 is 2.05. The van der Waals surface area contributed by atoms with E-state index in [9.17, 15) is 5.26 Å². The molecule has 0 aliphatic carbocycles. The third-order valence-electron chi connectivity index (χ3n) is 5.10. The minimum atomic E-state index is 0.706. The quantitative estimate of drug-likeness (QED) is 0.491. The second-order valence-electron chi connectivity index (χ2n) is 6.97. The lowest BCUT2D eigenvalue weighted by Gasteiger charge is -2.18. The van der Waals surface area contributed by atoms with Crippen molar-refractivity contribution in [2.24, 2.45) is 5.92 Å². The molecule has 0 amide bonds. The van der Waals surface area contributed by atoms with Crippen LogP contribution in [0.4, 0.5) is 0 Å². The third-order valence-corrected chi connectivity index (χ3v) is 5.10. The van der Waals surface area contributed by atoms with E-state index in [2.05, 4.69) is 31.0 Å². The number of rotatable bonds is 11. The Morgan fingerprint density at radius 1 is 1.16 bits per heavy atom. The van der Waals surface area contributed by atoms with Crippen molar-refractivity contribution in [2.75, 3.05) is 0 Å². The van der Waals surface area contributed by atoms with Gasteiger partial charge in [0.15, 0.2) is 0 Å². The summed E-state index contributed by atoms with van der Waals surface area (Å²) in [5.74, 6) is 0.706. The van der Waals surface area contributed by atoms with Crippen LogP contribution in [0.1, 0.15) is 75.5 Å². The highest BCUT2D eigenvalue weighted by atomic mass is 15.0. The fourth-order valence-corrected chi connectivity index (χ4v) is 3.48. The molecule has 0 saturated heterocycles. The number of hydrogen-bond acceptors (Lipinski definition) is 2. The standard InChI is InChI=1S/C22H31N3/c1-3-5-6-7-8-10-19(4-2)15-20-11-9-12-21(16-23)22(20)17-25-14-13-24-18-25/h9,11-14,18-19H,3-8,10,15,17H2,1-2H3. The summed E-state index contributed by atoms with van der Waals surface area (Å²) >= 11 is 0. The molecule has 1 aromatic carbocycles. The molecule has 0 spiro atoms. The Morgan fingerprint density at radius 2 is 2.00 bits per heavy atom. The predicted octanol–water partition coefficient (Wildman–Crippen LogP) is 5.73. The zero-order chi connectivity index (χ0) is 17.9. The van der Waals surface area contributed by atoms with E-state index in [4.69, 9.17) is 0 Å². The topological polar surface area (TPSA) is 41.6 Å². The van der Waals surface area contributed by atoms with Crippen molar-refractivity contribution in [1.29, 1.82) is 5.26 Å². The largest absolute Gasteiger partial charge is 0.333 e. The number of benzene rings is 1. The van der Waals surface area contributed by atoms with Crippen LogP contribution >= 0.6 is 0 Å². The SMILES string of the molecule is CCCCCCCC(CC)Cc1cccc(C#N)c1Cn1ccnc1. The van der Waals surface area contributed by atoms with Crippen LogP contribution in [0.3, 0.4) is 0 Å². The Bertz CT molecular complexity index is 652. The highest BCUT2D eigenvalue weighted by Crippen LogP contribution is 2.24. The number of nitrogens with zero attached hydrogens (tertiary/aromatic N) is 3. The summed E-state index contributed by atoms with van der Waals surface area (Å²) in [4.78, 5) is 4.13. The summed E-state index contributed by atoms with van der Waals surface area (Å²) in [6.07, 6.45) is 15.8. The van der Waals surface area contributed by atoms with Gasteiger partial charge in [-0.05, 0) is 29.5 Å². The molecule has 0 radical (unpaired) electrons. The molecule has 3 heteroatoms. The molecule has 134 valence electrons. The first-order chi connectivity index (χ1) is 12.3. The zero-order valence-electron chi connectivity index (χ0n) is 15.7. The predicted molar refractivity (Wildman–Crippen MR) is 103 cm³/mol. The Balaban J connectivity index is 2.05. The van der Waals surface area contributed by atoms with E-state index in [-0.39, 0.29) is 0 Å². The van der Waals surface area contributed by atoms with Crippen molar-refractivity contribution >= 4 is 0 Å². The molecule has 1 atom stereocenters. The number of nitriles is 1. The molecule has 25 heavy (non-hydrogen) atoms. The Labute approximate surface area is 152 Å². The van der Waals surface area contributed by atoms with E-state index >= 15 is 0 Å². The number of aromatic nitrogens is 2. The van der Waals surface area contributed by atoms with Crippen LogP contribution in [-0.2, 0) is 13.0 Å². The molecule has 1 aromatic heterocycles. The molecule has 0 fully saturated rings. The van der Waals surface area contributed by atoms with Crippen LogP contribution in [0.15, 0.2) is 36.9 Å². The molecule has 0 saturated carbocycles. The molecule has 2 rings (SSSR count). The van der Waals surface area contributed by atoms with Crippen molar-refractivity contribution in [3.05, 3.63) is 53.6 Å². The van der Waals surface area contributed by atoms with Crippen LogP contribution < -0.4 is 0 Å². The zero-order valence-corrected chi connectivity index (χ0v) is 15.7. The highest BCUT2D eigenvalue weighted by molar-refractivity contribution is 5.43. The van der Waals surface area contributed by atoms with Crippen molar-refractivity contribution in [2.45, 2.75) is 71.8 Å². The molecule has 0 N–H and O–H groups in total. The van der Waals surface area contributed by atoms with Gasteiger partial charge in [-0.1, -0.05) is 70.9 Å². The van der Waals surface area contributed by atoms with E-state index < -0.39 is 0 Å². The monoisotopic (exact) mass is 337 g/mol. The van der Waals surface area contributed by atoms with Crippen LogP contribution in [0.25, 0.3) is 0 Å². The van der Waals surface area contributed by atoms with Gasteiger partial charge in [0.25, 0.3) is 0 Å². The van der Waals surface area contributed by atoms with Gasteiger partial charge in [0.1, 0.15) is 0 Å². The molecular weight excluding hydrogens is 306 g/mol. The number of imidazole rings is 1. The van der Waals surface area contributed by atoms with Gasteiger partial charge in [-0.2, -0.15) is 5.26 Å². The van der Waals surface area contributed by atoms with E-state index in [0.29, 0.717) is 5.92 Å². The highest BCUT2D eigenvalue weighted by Gasteiger charge is 2.14. The van der Waals surface area contributed by atoms with Gasteiger partial charge in [0, 0.05) is 12.4 Å². The summed E-state index contributed by atoms with van der Waals surface area (Å²) in [6, 6.07) is 8.53. The maximum atomic E-state index is 9.51. The lowest BCUT2D eigenvalue weighted by Crippen LogP contribution is -2.09. The first-order valence-electron chi connectivity index (χ1n) is 9.75. The average Bonchev–Trinajstić information content (AvgIpc) is 3.14. The Kier molecular flexibility index (Phi) is 8.25. The van der Waals surface area contributed by atoms with Crippen molar-refractivity contribution in [1.82, 2.24) is 9.55 Å². The first kappa shape index (κ1) is 19.2. The van der Waals surface area contributed by atoms with Gasteiger partial charge in [0.05, 0.1) is 24.5 Å². The van der Waals surface area contributed by atoms with E-state index in [0.717, 1.165) is 24.1 Å². The van der Waals surface area contributed by atoms with Gasteiger partial charge in [-0.25, -0.2) is 4.98 Å². The summed E-state index contributed by atoms with van der Waals surface area (Å²) in [7, 11) is 0. The maximum absolute atomic E-state index is 9.51. The van der Waals surface area contributed by atoms with Crippen molar-refractivity contribution in [3.63, 3.8) is 0 Å². The summed E-state index contributed by atoms with van der Waals surface area (Å²) in [5.41, 5.74) is 3.28. The number of unbranched alkanes of at least 4 members (excludes halogenated alkanes) is 4. The van der Waals surface area contributed by atoms with Crippen LogP contribution in [0, 0.1) is 17.2 Å². The Hall–Kier alpha value is -2.08. The van der Waals surface area contributed by atoms with Crippen LogP contribution in [0.2, 0.25) is 0 Å². The molecule has 0 aliphatic rings. The minimum absolute atomic E-state index is 0.706. The lowest BCUT2D eigenvalue weighted by atomic mass is 9.88. The lowest BCUT2D eigenvalue weighted by molar-refractivity contribution is 0.436. The van der Waals surface area contributed by atoms with Gasteiger partial charge in [-0.15, -0.1) is 0 Å². The van der Waals surface area contributed by atoms with Crippen LogP contribution in [-0.4, -0.2) is 9.55 Å². The van der Waals surface area contributed by atoms with Gasteiger partial charge >= 0.3 is 0 Å². The third kappa shape index (κ3) is 6.05. The normalized spacial score (nSPS) is 12.0. The first-order valence-corrected chi connectivity index (χ1v) is 9.75. The smallest absolute Gasteiger partial charge is 0.0995 e. The summed E-state index contributed by atoms with van der Waals surface area (Å²) in [5, 5.41) is 9.51. The van der Waals surface area contributed by atoms with Gasteiger partial charge < -0.3 is 4.57 Å². The van der Waals surface area contributed by atoms with Crippen molar-refractivity contribution in [3.8, 4) is 6.07 Å². The Morgan fingerprint density at radius 3 is 2.68 bits per heavy atom. The van der Waals surface area contributed by atoms with E-state index in [1.807, 2.05) is 29.2 Å². The molecule has 1 heterocycles. The van der Waals surface area contributed by atoms with E-state index in [1.165, 1.54) is 50.5 Å². The molecule has 0 bridgehead atoms. The molecular formula is C22H31N3. The van der Waals surface area contributed by atoms with Gasteiger partial charge in [0.2, 0.25) is 0 Å². The molecule has 2 aromatic rings. The van der Waals surface area contributed by atoms with Crippen LogP contribution in [0.5, 0.6) is 0 Å². The van der Waals surface area contributed by atoms with Crippen molar-refractivity contribution < 1.29 is 0 Å². The average molecular weight is 338 g/mol. The summed E-state index contributed by atoms with van der Waals surface area (Å²) in [6.45, 7) is 5.28.